The maximum absolute atomic E-state index is 10.9. The molecule has 0 aromatic heterocycles. The molecule has 1 radical (unpaired) electrons. The standard InChI is InChI=1S/2C20H22N4O4.Co/c2*1-5-23-17-10-19(26)16(9-14(17)12(2)11-20(23,3)4)22-21-15-8-13(24(27)28)6-7-18(15)25;/h2*6-11,25-26H,5H2,1-4H3;. The van der Waals surface area contributed by atoms with Crippen molar-refractivity contribution >= 4 is 56.6 Å². The van der Waals surface area contributed by atoms with E-state index in [0.717, 1.165) is 58.9 Å². The van der Waals surface area contributed by atoms with E-state index in [0.29, 0.717) is 0 Å². The normalized spacial score (nSPS) is 15.2. The van der Waals surface area contributed by atoms with Gasteiger partial charge in [0.1, 0.15) is 45.7 Å². The number of fused-ring (bicyclic) bond motifs is 2. The first-order valence-corrected chi connectivity index (χ1v) is 17.7. The quantitative estimate of drug-likeness (QED) is 0.0747. The predicted molar refractivity (Wildman–Crippen MR) is 216 cm³/mol. The van der Waals surface area contributed by atoms with Crippen LogP contribution in [-0.4, -0.2) is 54.4 Å². The van der Waals surface area contributed by atoms with E-state index in [2.05, 4.69) is 84.0 Å². The van der Waals surface area contributed by atoms with Crippen LogP contribution >= 0.6 is 0 Å². The summed E-state index contributed by atoms with van der Waals surface area (Å²) in [5.41, 5.74) is 5.33. The van der Waals surface area contributed by atoms with Crippen molar-refractivity contribution in [1.29, 1.82) is 0 Å². The van der Waals surface area contributed by atoms with Crippen LogP contribution in [0.2, 0.25) is 0 Å². The first-order chi connectivity index (χ1) is 26.3. The number of azo groups is 2. The van der Waals surface area contributed by atoms with Gasteiger partial charge in [-0.2, -0.15) is 0 Å². The number of phenolic OH excluding ortho intramolecular Hbond substituents is 4. The number of hydrogen-bond donors (Lipinski definition) is 4. The van der Waals surface area contributed by atoms with Crippen LogP contribution in [-0.2, 0) is 16.8 Å². The molecule has 57 heavy (non-hydrogen) atoms. The number of phenols is 4. The summed E-state index contributed by atoms with van der Waals surface area (Å²) in [6.45, 7) is 18.1. The Bertz CT molecular complexity index is 2190. The number of benzene rings is 4. The van der Waals surface area contributed by atoms with Gasteiger partial charge in [0.15, 0.2) is 0 Å². The van der Waals surface area contributed by atoms with Crippen LogP contribution in [0.15, 0.2) is 93.3 Å². The summed E-state index contributed by atoms with van der Waals surface area (Å²) in [7, 11) is 0. The van der Waals surface area contributed by atoms with Gasteiger partial charge in [0.2, 0.25) is 0 Å². The second-order valence-corrected chi connectivity index (χ2v) is 14.4. The first kappa shape index (κ1) is 43.4. The van der Waals surface area contributed by atoms with E-state index < -0.39 is 9.85 Å². The van der Waals surface area contributed by atoms with Crippen molar-refractivity contribution < 1.29 is 47.1 Å². The number of nitro groups is 2. The van der Waals surface area contributed by atoms with E-state index in [1.54, 1.807) is 24.3 Å². The van der Waals surface area contributed by atoms with Gasteiger partial charge in [0.25, 0.3) is 11.4 Å². The predicted octanol–water partition coefficient (Wildman–Crippen LogP) is 10.9. The number of nitro benzene ring substituents is 2. The first-order valence-electron chi connectivity index (χ1n) is 17.7. The van der Waals surface area contributed by atoms with Crippen molar-refractivity contribution in [3.63, 3.8) is 0 Å². The second-order valence-electron chi connectivity index (χ2n) is 14.4. The SMILES string of the molecule is CCN1c2cc(O)c(N=Nc3cc([N+](=O)[O-])ccc3O)cc2C(C)=CC1(C)C.CCN1c2cc(O)c(N=Nc3cc([N+](=O)[O-])ccc3O)cc2C(C)=CC1(C)C.[Co]. The van der Waals surface area contributed by atoms with Crippen LogP contribution in [0.4, 0.5) is 45.5 Å². The Labute approximate surface area is 339 Å². The van der Waals surface area contributed by atoms with Gasteiger partial charge in [-0.3, -0.25) is 20.2 Å². The molecule has 0 spiro atoms. The van der Waals surface area contributed by atoms with Crippen molar-refractivity contribution in [3.05, 3.63) is 104 Å². The van der Waals surface area contributed by atoms with Crippen molar-refractivity contribution in [1.82, 2.24) is 0 Å². The minimum atomic E-state index is -0.579. The molecule has 0 saturated carbocycles. The maximum Gasteiger partial charge on any atom is 0.271 e. The third kappa shape index (κ3) is 9.05. The Morgan fingerprint density at radius 1 is 0.561 bits per heavy atom. The van der Waals surface area contributed by atoms with Gasteiger partial charge in [-0.1, -0.05) is 12.2 Å². The molecule has 0 atom stereocenters. The summed E-state index contributed by atoms with van der Waals surface area (Å²) in [5, 5.41) is 78.3. The molecule has 0 unspecified atom stereocenters. The molecule has 0 amide bonds. The van der Waals surface area contributed by atoms with Gasteiger partial charge in [-0.25, -0.2) is 0 Å². The second kappa shape index (κ2) is 16.8. The topological polar surface area (TPSA) is 223 Å². The summed E-state index contributed by atoms with van der Waals surface area (Å²) in [5.74, 6) is -0.587. The zero-order chi connectivity index (χ0) is 41.3. The van der Waals surface area contributed by atoms with Gasteiger partial charge in [-0.15, -0.1) is 20.5 Å². The number of hydrogen-bond acceptors (Lipinski definition) is 14. The van der Waals surface area contributed by atoms with Crippen molar-refractivity contribution in [2.24, 2.45) is 20.5 Å². The molecule has 4 N–H and O–H groups in total. The molecule has 301 valence electrons. The Morgan fingerprint density at radius 3 is 1.18 bits per heavy atom. The maximum atomic E-state index is 10.9. The molecule has 0 bridgehead atoms. The van der Waals surface area contributed by atoms with Crippen molar-refractivity contribution in [2.75, 3.05) is 22.9 Å². The molecule has 0 aliphatic carbocycles. The number of likely N-dealkylation sites (N-methyl/N-ethyl adjacent to an activating group) is 2. The Balaban J connectivity index is 0.000000248. The zero-order valence-corrected chi connectivity index (χ0v) is 33.7. The minimum absolute atomic E-state index is 0. The van der Waals surface area contributed by atoms with E-state index in [9.17, 15) is 40.7 Å². The van der Waals surface area contributed by atoms with Crippen LogP contribution in [0, 0.1) is 20.2 Å². The molecule has 17 heteroatoms. The van der Waals surface area contributed by atoms with E-state index in [-0.39, 0.29) is 85.0 Å². The molecule has 0 fully saturated rings. The fourth-order valence-corrected chi connectivity index (χ4v) is 7.14. The zero-order valence-electron chi connectivity index (χ0n) is 32.7. The fraction of sp³-hybridized carbons (Fsp3) is 0.300. The molecule has 0 saturated heterocycles. The number of allylic oxidation sites excluding steroid dienone is 2. The molecule has 2 aliphatic heterocycles. The van der Waals surface area contributed by atoms with Crippen LogP contribution in [0.1, 0.15) is 66.5 Å². The van der Waals surface area contributed by atoms with Crippen LogP contribution in [0.25, 0.3) is 11.1 Å². The third-order valence-electron chi connectivity index (χ3n) is 9.65. The number of aromatic hydroxyl groups is 4. The molecule has 2 heterocycles. The molecule has 16 nitrogen and oxygen atoms in total. The van der Waals surface area contributed by atoms with Crippen molar-refractivity contribution in [2.45, 2.75) is 66.5 Å². The Hall–Kier alpha value is -6.33. The average Bonchev–Trinajstić information content (AvgIpc) is 3.11. The number of nitrogens with zero attached hydrogens (tertiary/aromatic N) is 8. The molecule has 4 aromatic rings. The summed E-state index contributed by atoms with van der Waals surface area (Å²) in [6.07, 6.45) is 4.31. The molecule has 4 aromatic carbocycles. The van der Waals surface area contributed by atoms with Crippen LogP contribution in [0.3, 0.4) is 0 Å². The van der Waals surface area contributed by atoms with Crippen LogP contribution in [0.5, 0.6) is 23.0 Å². The smallest absolute Gasteiger partial charge is 0.271 e. The molecular formula is C40H44CoN8O8. The van der Waals surface area contributed by atoms with Crippen molar-refractivity contribution in [3.8, 4) is 23.0 Å². The summed E-state index contributed by atoms with van der Waals surface area (Å²) < 4.78 is 0. The number of anilines is 2. The van der Waals surface area contributed by atoms with Gasteiger partial charge in [-0.05, 0) is 90.8 Å². The van der Waals surface area contributed by atoms with E-state index >= 15 is 0 Å². The van der Waals surface area contributed by atoms with Gasteiger partial charge in [0.05, 0.1) is 20.9 Å². The van der Waals surface area contributed by atoms with E-state index in [1.165, 1.54) is 24.3 Å². The van der Waals surface area contributed by atoms with Gasteiger partial charge in [0, 0.05) is 88.8 Å². The average molecular weight is 824 g/mol. The Kier molecular flexibility index (Phi) is 12.8. The molecule has 6 rings (SSSR count). The van der Waals surface area contributed by atoms with Crippen LogP contribution < -0.4 is 9.80 Å². The minimum Gasteiger partial charge on any atom is -0.506 e. The fourth-order valence-electron chi connectivity index (χ4n) is 7.14. The number of non-ortho nitro benzene ring substituents is 2. The third-order valence-corrected chi connectivity index (χ3v) is 9.65. The summed E-state index contributed by atoms with van der Waals surface area (Å²) in [6, 6.07) is 13.7. The van der Waals surface area contributed by atoms with Gasteiger partial charge >= 0.3 is 0 Å². The largest absolute Gasteiger partial charge is 0.506 e. The Morgan fingerprint density at radius 2 is 0.877 bits per heavy atom. The molecule has 2 aliphatic rings. The van der Waals surface area contributed by atoms with E-state index in [1.807, 2.05) is 13.8 Å². The van der Waals surface area contributed by atoms with Gasteiger partial charge < -0.3 is 30.2 Å². The van der Waals surface area contributed by atoms with E-state index in [4.69, 9.17) is 0 Å². The monoisotopic (exact) mass is 823 g/mol. The molecular weight excluding hydrogens is 779 g/mol. The summed E-state index contributed by atoms with van der Waals surface area (Å²) >= 11 is 0. The summed E-state index contributed by atoms with van der Waals surface area (Å²) in [4.78, 5) is 25.0. The number of rotatable bonds is 8.